The largest absolute Gasteiger partial charge is 0.340 e. The van der Waals surface area contributed by atoms with Gasteiger partial charge in [0.1, 0.15) is 10.6 Å². The quantitative estimate of drug-likeness (QED) is 0.394. The van der Waals surface area contributed by atoms with E-state index in [1.54, 1.807) is 31.3 Å². The highest BCUT2D eigenvalue weighted by molar-refractivity contribution is 7.91. The lowest BCUT2D eigenvalue weighted by atomic mass is 9.89. The summed E-state index contributed by atoms with van der Waals surface area (Å²) < 4.78 is 28.4. The van der Waals surface area contributed by atoms with Gasteiger partial charge in [-0.15, -0.1) is 0 Å². The van der Waals surface area contributed by atoms with Crippen LogP contribution < -0.4 is 5.73 Å². The molecule has 5 rings (SSSR count). The van der Waals surface area contributed by atoms with Crippen molar-refractivity contribution >= 4 is 32.0 Å². The average Bonchev–Trinajstić information content (AvgIpc) is 3.49. The van der Waals surface area contributed by atoms with Crippen LogP contribution in [0.15, 0.2) is 66.4 Å². The molecule has 0 spiro atoms. The molecule has 0 bridgehead atoms. The van der Waals surface area contributed by atoms with E-state index in [0.717, 1.165) is 34.0 Å². The van der Waals surface area contributed by atoms with E-state index in [2.05, 4.69) is 11.1 Å². The fourth-order valence-corrected chi connectivity index (χ4v) is 6.83. The summed E-state index contributed by atoms with van der Waals surface area (Å²) in [6.07, 6.45) is 8.64. The Morgan fingerprint density at radius 1 is 1.28 bits per heavy atom. The molecule has 0 radical (unpaired) electrons. The van der Waals surface area contributed by atoms with Crippen LogP contribution in [-0.4, -0.2) is 27.1 Å². The number of allylic oxidation sites excluding steroid dienone is 3. The highest BCUT2D eigenvalue weighted by atomic mass is 32.2. The van der Waals surface area contributed by atoms with E-state index < -0.39 is 20.3 Å². The Hall–Kier alpha value is -3.67. The topological polar surface area (TPSA) is 118 Å². The highest BCUT2D eigenvalue weighted by Crippen LogP contribution is 2.38. The van der Waals surface area contributed by atoms with Gasteiger partial charge in [-0.3, -0.25) is 0 Å². The number of rotatable bonds is 5. The number of aromatic nitrogens is 3. The fourth-order valence-electron chi connectivity index (χ4n) is 5.07. The Balaban J connectivity index is 1.67. The summed E-state index contributed by atoms with van der Waals surface area (Å²) in [6.45, 7) is 7.57. The minimum Gasteiger partial charge on any atom is -0.340 e. The number of fused-ring (bicyclic) bond motifs is 2. The predicted molar refractivity (Wildman–Crippen MR) is 143 cm³/mol. The van der Waals surface area contributed by atoms with Crippen molar-refractivity contribution in [3.05, 3.63) is 88.9 Å². The van der Waals surface area contributed by atoms with Crippen LogP contribution in [-0.2, 0) is 15.6 Å². The van der Waals surface area contributed by atoms with Crippen LogP contribution in [0.4, 0.5) is 0 Å². The number of hydrogen-bond acceptors (Lipinski definition) is 5. The summed E-state index contributed by atoms with van der Waals surface area (Å²) in [7, 11) is -3.77. The Morgan fingerprint density at radius 2 is 2.06 bits per heavy atom. The van der Waals surface area contributed by atoms with Crippen molar-refractivity contribution in [1.82, 2.24) is 13.9 Å². The summed E-state index contributed by atoms with van der Waals surface area (Å²) in [5.74, 6) is 0.535. The summed E-state index contributed by atoms with van der Waals surface area (Å²) >= 11 is 0. The molecule has 36 heavy (non-hydrogen) atoms. The van der Waals surface area contributed by atoms with E-state index in [-0.39, 0.29) is 0 Å². The molecule has 0 saturated carbocycles. The number of aryl methyl sites for hydroxylation is 1. The summed E-state index contributed by atoms with van der Waals surface area (Å²) in [4.78, 5) is 7.96. The molecule has 0 amide bonds. The van der Waals surface area contributed by atoms with Gasteiger partial charge in [0.05, 0.1) is 33.7 Å². The van der Waals surface area contributed by atoms with E-state index in [1.807, 2.05) is 57.2 Å². The first-order chi connectivity index (χ1) is 17.0. The molecule has 2 aromatic carbocycles. The van der Waals surface area contributed by atoms with Crippen molar-refractivity contribution in [3.63, 3.8) is 0 Å². The number of H-pyrrole nitrogens is 1. The third-order valence-electron chi connectivity index (χ3n) is 7.28. The number of hydrogen-bond donors (Lipinski definition) is 2. The fraction of sp³-hybridized carbons (Fsp3) is 0.286. The Morgan fingerprint density at radius 3 is 2.78 bits per heavy atom. The van der Waals surface area contributed by atoms with E-state index in [4.69, 9.17) is 10.7 Å². The summed E-state index contributed by atoms with van der Waals surface area (Å²) in [5, 5.41) is 9.99. The molecule has 2 aromatic heterocycles. The van der Waals surface area contributed by atoms with Crippen molar-refractivity contribution in [3.8, 4) is 6.07 Å². The van der Waals surface area contributed by atoms with E-state index in [0.29, 0.717) is 28.8 Å². The summed E-state index contributed by atoms with van der Waals surface area (Å²) in [6, 6.07) is 13.0. The number of aromatic amines is 1. The molecular weight excluding hydrogens is 470 g/mol. The maximum atomic E-state index is 14.0. The smallest absolute Gasteiger partial charge is 0.248 e. The second kappa shape index (κ2) is 8.19. The lowest BCUT2D eigenvalue weighted by Gasteiger charge is -2.29. The second-order valence-electron chi connectivity index (χ2n) is 9.93. The van der Waals surface area contributed by atoms with Crippen molar-refractivity contribution in [2.45, 2.75) is 50.8 Å². The number of nitrogens with zero attached hydrogens (tertiary/aromatic N) is 3. The van der Waals surface area contributed by atoms with Crippen molar-refractivity contribution < 1.29 is 8.42 Å². The molecule has 2 atom stereocenters. The zero-order valence-corrected chi connectivity index (χ0v) is 21.6. The van der Waals surface area contributed by atoms with Crippen LogP contribution in [0.25, 0.3) is 21.9 Å². The molecule has 184 valence electrons. The highest BCUT2D eigenvalue weighted by Gasteiger charge is 2.40. The number of nitriles is 1. The number of imidazole rings is 1. The zero-order valence-electron chi connectivity index (χ0n) is 20.8. The molecule has 1 aliphatic carbocycles. The number of benzene rings is 2. The van der Waals surface area contributed by atoms with Gasteiger partial charge in [-0.05, 0) is 69.0 Å². The molecule has 8 heteroatoms. The first-order valence-electron chi connectivity index (χ1n) is 12.0. The Bertz CT molecular complexity index is 1730. The maximum Gasteiger partial charge on any atom is 0.248 e. The van der Waals surface area contributed by atoms with E-state index >= 15 is 0 Å². The van der Waals surface area contributed by atoms with Crippen LogP contribution in [0.5, 0.6) is 0 Å². The maximum absolute atomic E-state index is 14.0. The molecule has 2 heterocycles. The molecule has 2 unspecified atom stereocenters. The lowest BCUT2D eigenvalue weighted by molar-refractivity contribution is 0.553. The standard InChI is InChI=1S/C28H29N5O2S/c1-5-19-7-6-13-27(3,16-19)36(34,35)33-14-12-21-22(10-8-18(2)25(21)33)28(4,30)26-31-23-11-9-20(17-29)15-24(23)32-26/h6-12,14-16H,5,13,30H2,1-4H3,(H,31,32). The Kier molecular flexibility index (Phi) is 5.47. The van der Waals surface area contributed by atoms with Gasteiger partial charge in [0, 0.05) is 11.6 Å². The summed E-state index contributed by atoms with van der Waals surface area (Å²) in [5.41, 5.74) is 11.1. The lowest BCUT2D eigenvalue weighted by Crippen LogP contribution is -2.38. The van der Waals surface area contributed by atoms with Crippen LogP contribution in [0.2, 0.25) is 0 Å². The predicted octanol–water partition coefficient (Wildman–Crippen LogP) is 5.15. The number of nitrogens with one attached hydrogen (secondary N) is 1. The van der Waals surface area contributed by atoms with E-state index in [9.17, 15) is 13.7 Å². The first kappa shape index (κ1) is 24.0. The van der Waals surface area contributed by atoms with Gasteiger partial charge in [-0.1, -0.05) is 42.9 Å². The third kappa shape index (κ3) is 3.50. The minimum atomic E-state index is -3.77. The van der Waals surface area contributed by atoms with Crippen molar-refractivity contribution in [1.29, 1.82) is 5.26 Å². The molecule has 3 N–H and O–H groups in total. The molecule has 0 aliphatic heterocycles. The van der Waals surface area contributed by atoms with Gasteiger partial charge in [0.15, 0.2) is 0 Å². The van der Waals surface area contributed by atoms with Crippen LogP contribution in [0.1, 0.15) is 56.1 Å². The molecule has 1 aliphatic rings. The molecule has 0 saturated heterocycles. The van der Waals surface area contributed by atoms with Crippen LogP contribution in [0, 0.1) is 18.3 Å². The normalized spacial score (nSPS) is 19.8. The SMILES string of the molecule is CCC1=CC(C)(S(=O)(=O)n2ccc3c(C(C)(N)c4nc5ccc(C#N)cc5[nH]4)ccc(C)c32)CC=C1. The van der Waals surface area contributed by atoms with Gasteiger partial charge >= 0.3 is 0 Å². The van der Waals surface area contributed by atoms with Crippen LogP contribution in [0.3, 0.4) is 0 Å². The molecular formula is C28H29N5O2S. The molecule has 0 fully saturated rings. The monoisotopic (exact) mass is 499 g/mol. The van der Waals surface area contributed by atoms with Gasteiger partial charge in [-0.25, -0.2) is 17.4 Å². The van der Waals surface area contributed by atoms with Crippen LogP contribution >= 0.6 is 0 Å². The van der Waals surface area contributed by atoms with Gasteiger partial charge in [0.25, 0.3) is 0 Å². The molecule has 7 nitrogen and oxygen atoms in total. The van der Waals surface area contributed by atoms with Crippen molar-refractivity contribution in [2.24, 2.45) is 5.73 Å². The third-order valence-corrected chi connectivity index (χ3v) is 9.57. The van der Waals surface area contributed by atoms with Gasteiger partial charge in [-0.2, -0.15) is 5.26 Å². The first-order valence-corrected chi connectivity index (χ1v) is 13.4. The van der Waals surface area contributed by atoms with Gasteiger partial charge < -0.3 is 10.7 Å². The van der Waals surface area contributed by atoms with E-state index in [1.165, 1.54) is 3.97 Å². The van der Waals surface area contributed by atoms with Crippen molar-refractivity contribution in [2.75, 3.05) is 0 Å². The molecule has 4 aromatic rings. The second-order valence-corrected chi connectivity index (χ2v) is 12.2. The average molecular weight is 500 g/mol. The van der Waals surface area contributed by atoms with Gasteiger partial charge in [0.2, 0.25) is 10.0 Å². The zero-order chi connectivity index (χ0) is 25.9. The minimum absolute atomic E-state index is 0.412. The Labute approximate surface area is 211 Å². The number of nitrogens with two attached hydrogens (primary N) is 1.